The third-order valence-corrected chi connectivity index (χ3v) is 5.44. The summed E-state index contributed by atoms with van der Waals surface area (Å²) in [7, 11) is -3.54. The highest BCUT2D eigenvalue weighted by molar-refractivity contribution is 7.89. The molecule has 24 heavy (non-hydrogen) atoms. The fourth-order valence-corrected chi connectivity index (χ4v) is 4.08. The molecule has 130 valence electrons. The molecule has 0 radical (unpaired) electrons. The Morgan fingerprint density at radius 2 is 1.83 bits per heavy atom. The predicted octanol–water partition coefficient (Wildman–Crippen LogP) is 1.49. The van der Waals surface area contributed by atoms with Crippen molar-refractivity contribution in [3.8, 4) is 6.01 Å². The number of ether oxygens (including phenoxy) is 1. The maximum atomic E-state index is 12.2. The molecule has 0 amide bonds. The smallest absolute Gasteiger partial charge is 0.317 e. The van der Waals surface area contributed by atoms with Crippen LogP contribution < -0.4 is 9.46 Å². The van der Waals surface area contributed by atoms with E-state index in [0.717, 1.165) is 24.2 Å². The Bertz CT molecular complexity index is 763. The van der Waals surface area contributed by atoms with Crippen molar-refractivity contribution in [2.75, 3.05) is 0 Å². The molecule has 0 unspecified atom stereocenters. The first-order chi connectivity index (χ1) is 11.4. The van der Waals surface area contributed by atoms with Crippen LogP contribution in [-0.4, -0.2) is 40.5 Å². The molecule has 8 nitrogen and oxygen atoms in total. The molecule has 1 saturated carbocycles. The number of aryl methyl sites for hydroxylation is 2. The van der Waals surface area contributed by atoms with Gasteiger partial charge in [0.05, 0.1) is 12.5 Å². The Morgan fingerprint density at radius 1 is 1.17 bits per heavy atom. The van der Waals surface area contributed by atoms with Crippen molar-refractivity contribution < 1.29 is 13.2 Å². The Balaban J connectivity index is 1.54. The van der Waals surface area contributed by atoms with Crippen molar-refractivity contribution in [2.24, 2.45) is 0 Å². The average molecular weight is 351 g/mol. The van der Waals surface area contributed by atoms with Crippen LogP contribution in [0, 0.1) is 13.8 Å². The number of aromatic amines is 1. The molecule has 0 aromatic carbocycles. The number of H-pyrrole nitrogens is 1. The molecular formula is C15H21N5O3S. The first-order valence-corrected chi connectivity index (χ1v) is 9.40. The number of sulfonamides is 1. The van der Waals surface area contributed by atoms with Gasteiger partial charge >= 0.3 is 6.01 Å². The molecule has 3 rings (SSSR count). The summed E-state index contributed by atoms with van der Waals surface area (Å²) in [4.78, 5) is 14.9. The van der Waals surface area contributed by atoms with E-state index < -0.39 is 10.0 Å². The molecule has 2 heterocycles. The SMILES string of the molecule is Cc1cc(C)nc(OC2CCC(NS(=O)(=O)c3cnc[nH]3)CC2)n1. The Labute approximate surface area is 141 Å². The van der Waals surface area contributed by atoms with E-state index in [2.05, 4.69) is 24.7 Å². The normalized spacial score (nSPS) is 21.6. The molecule has 0 spiro atoms. The summed E-state index contributed by atoms with van der Waals surface area (Å²) in [6, 6.07) is 2.20. The van der Waals surface area contributed by atoms with Crippen LogP contribution in [0.15, 0.2) is 23.6 Å². The Hall–Kier alpha value is -2.00. The average Bonchev–Trinajstić information content (AvgIpc) is 3.03. The summed E-state index contributed by atoms with van der Waals surface area (Å²) in [5.41, 5.74) is 1.75. The van der Waals surface area contributed by atoms with Crippen molar-refractivity contribution >= 4 is 10.0 Å². The number of aromatic nitrogens is 4. The fraction of sp³-hybridized carbons (Fsp3) is 0.533. The second-order valence-corrected chi connectivity index (χ2v) is 7.74. The number of hydrogen-bond donors (Lipinski definition) is 2. The molecule has 0 saturated heterocycles. The van der Waals surface area contributed by atoms with Gasteiger partial charge in [-0.3, -0.25) is 0 Å². The molecule has 2 aromatic rings. The van der Waals surface area contributed by atoms with Gasteiger partial charge in [0, 0.05) is 17.4 Å². The van der Waals surface area contributed by atoms with Crippen LogP contribution in [0.2, 0.25) is 0 Å². The van der Waals surface area contributed by atoms with Crippen LogP contribution in [0.1, 0.15) is 37.1 Å². The summed E-state index contributed by atoms with van der Waals surface area (Å²) >= 11 is 0. The number of hydrogen-bond acceptors (Lipinski definition) is 6. The molecular weight excluding hydrogens is 330 g/mol. The van der Waals surface area contributed by atoms with Gasteiger partial charge in [-0.05, 0) is 45.6 Å². The lowest BCUT2D eigenvalue weighted by Gasteiger charge is -2.28. The first kappa shape index (κ1) is 16.8. The highest BCUT2D eigenvalue weighted by Gasteiger charge is 2.27. The van der Waals surface area contributed by atoms with Crippen LogP contribution in [0.4, 0.5) is 0 Å². The van der Waals surface area contributed by atoms with Gasteiger partial charge in [0.1, 0.15) is 6.10 Å². The number of nitrogens with one attached hydrogen (secondary N) is 2. The van der Waals surface area contributed by atoms with Crippen LogP contribution in [0.5, 0.6) is 6.01 Å². The lowest BCUT2D eigenvalue weighted by molar-refractivity contribution is 0.131. The third kappa shape index (κ3) is 4.09. The van der Waals surface area contributed by atoms with Crippen molar-refractivity contribution in [1.29, 1.82) is 0 Å². The number of nitrogens with zero attached hydrogens (tertiary/aromatic N) is 3. The van der Waals surface area contributed by atoms with E-state index in [9.17, 15) is 8.42 Å². The zero-order valence-electron chi connectivity index (χ0n) is 13.7. The summed E-state index contributed by atoms with van der Waals surface area (Å²) in [5, 5.41) is 0.0875. The Kier molecular flexibility index (Phi) is 4.81. The lowest BCUT2D eigenvalue weighted by Crippen LogP contribution is -2.39. The quantitative estimate of drug-likeness (QED) is 0.844. The summed E-state index contributed by atoms with van der Waals surface area (Å²) in [6.45, 7) is 3.81. The molecule has 1 fully saturated rings. The zero-order chi connectivity index (χ0) is 17.2. The molecule has 0 aliphatic heterocycles. The van der Waals surface area contributed by atoms with Gasteiger partial charge in [-0.25, -0.2) is 28.1 Å². The topological polar surface area (TPSA) is 110 Å². The second-order valence-electron chi connectivity index (χ2n) is 6.06. The summed E-state index contributed by atoms with van der Waals surface area (Å²) < 4.78 is 32.9. The third-order valence-electron chi connectivity index (χ3n) is 3.99. The maximum absolute atomic E-state index is 12.2. The fourth-order valence-electron chi connectivity index (χ4n) is 2.87. The highest BCUT2D eigenvalue weighted by Crippen LogP contribution is 2.23. The minimum Gasteiger partial charge on any atom is -0.460 e. The monoisotopic (exact) mass is 351 g/mol. The highest BCUT2D eigenvalue weighted by atomic mass is 32.2. The van der Waals surface area contributed by atoms with Crippen molar-refractivity contribution in [2.45, 2.75) is 56.7 Å². The molecule has 2 aromatic heterocycles. The molecule has 1 aliphatic rings. The molecule has 0 bridgehead atoms. The first-order valence-electron chi connectivity index (χ1n) is 7.92. The molecule has 2 N–H and O–H groups in total. The van der Waals surface area contributed by atoms with Crippen LogP contribution in [0.3, 0.4) is 0 Å². The van der Waals surface area contributed by atoms with Crippen LogP contribution in [0.25, 0.3) is 0 Å². The van der Waals surface area contributed by atoms with E-state index in [4.69, 9.17) is 4.74 Å². The summed E-state index contributed by atoms with van der Waals surface area (Å²) in [6.07, 6.45) is 5.60. The molecule has 9 heteroatoms. The Morgan fingerprint density at radius 3 is 2.42 bits per heavy atom. The van der Waals surface area contributed by atoms with E-state index in [1.54, 1.807) is 0 Å². The van der Waals surface area contributed by atoms with Crippen molar-refractivity contribution in [1.82, 2.24) is 24.7 Å². The standard InChI is InChI=1S/C15H21N5O3S/c1-10-7-11(2)19-15(18-10)23-13-5-3-12(4-6-13)20-24(21,22)14-8-16-9-17-14/h7-9,12-13,20H,3-6H2,1-2H3,(H,16,17). The van der Waals surface area contributed by atoms with Gasteiger partial charge in [0.2, 0.25) is 0 Å². The zero-order valence-corrected chi connectivity index (χ0v) is 14.5. The van der Waals surface area contributed by atoms with E-state index in [1.165, 1.54) is 12.5 Å². The van der Waals surface area contributed by atoms with Gasteiger partial charge in [0.25, 0.3) is 10.0 Å². The second kappa shape index (κ2) is 6.86. The van der Waals surface area contributed by atoms with E-state index >= 15 is 0 Å². The van der Waals surface area contributed by atoms with Crippen molar-refractivity contribution in [3.63, 3.8) is 0 Å². The maximum Gasteiger partial charge on any atom is 0.317 e. The van der Waals surface area contributed by atoms with Gasteiger partial charge in [-0.15, -0.1) is 0 Å². The van der Waals surface area contributed by atoms with Gasteiger partial charge in [0.15, 0.2) is 5.03 Å². The minimum atomic E-state index is -3.54. The largest absolute Gasteiger partial charge is 0.460 e. The van der Waals surface area contributed by atoms with E-state index in [-0.39, 0.29) is 17.2 Å². The van der Waals surface area contributed by atoms with Crippen LogP contribution in [-0.2, 0) is 10.0 Å². The summed E-state index contributed by atoms with van der Waals surface area (Å²) in [5.74, 6) is 0. The van der Waals surface area contributed by atoms with Gasteiger partial charge in [-0.2, -0.15) is 0 Å². The molecule has 0 atom stereocenters. The number of imidazole rings is 1. The molecule has 1 aliphatic carbocycles. The van der Waals surface area contributed by atoms with Gasteiger partial charge < -0.3 is 9.72 Å². The van der Waals surface area contributed by atoms with Gasteiger partial charge in [-0.1, -0.05) is 0 Å². The lowest BCUT2D eigenvalue weighted by atomic mass is 9.94. The van der Waals surface area contributed by atoms with E-state index in [1.807, 2.05) is 19.9 Å². The number of rotatable bonds is 5. The van der Waals surface area contributed by atoms with Crippen LogP contribution >= 0.6 is 0 Å². The van der Waals surface area contributed by atoms with Crippen molar-refractivity contribution in [3.05, 3.63) is 30.0 Å². The van der Waals surface area contributed by atoms with E-state index in [0.29, 0.717) is 18.9 Å². The predicted molar refractivity (Wildman–Crippen MR) is 87.1 cm³/mol. The minimum absolute atomic E-state index is 0.0131.